The maximum atomic E-state index is 7.48. The summed E-state index contributed by atoms with van der Waals surface area (Å²) in [4.78, 5) is 0. The van der Waals surface area contributed by atoms with Crippen molar-refractivity contribution in [1.82, 2.24) is 0 Å². The lowest BCUT2D eigenvalue weighted by Gasteiger charge is -2.10. The Morgan fingerprint density at radius 3 is 0.765 bits per heavy atom. The van der Waals surface area contributed by atoms with Gasteiger partial charge >= 0.3 is 0 Å². The summed E-state index contributed by atoms with van der Waals surface area (Å²) in [6, 6.07) is 75.7. The molecule has 0 aliphatic heterocycles. The first kappa shape index (κ1) is 88.4. The Labute approximate surface area is 722 Å². The molecule has 0 unspecified atom stereocenters. The average Bonchev–Trinajstić information content (AvgIpc) is 0.796. The number of nitrogens with zero attached hydrogens (tertiary/aromatic N) is 7. The molecular formula is C112H140N7+7. The fourth-order valence-electron chi connectivity index (χ4n) is 16.2. The van der Waals surface area contributed by atoms with Gasteiger partial charge in [0.2, 0.25) is 39.9 Å². The molecule has 7 aromatic heterocycles. The number of aryl methyl sites for hydroxylation is 27. The van der Waals surface area contributed by atoms with Crippen molar-refractivity contribution in [2.45, 2.75) is 194 Å². The largest absolute Gasteiger partial charge is 0.215 e. The molecule has 7 aromatic carbocycles. The number of rotatable bonds is 7. The molecule has 616 valence electrons. The Kier molecular flexibility index (Phi) is 30.3. The Morgan fingerprint density at radius 1 is 0.176 bits per heavy atom. The molecule has 0 aliphatic carbocycles. The Hall–Kier alpha value is -11.4. The van der Waals surface area contributed by atoms with E-state index < -0.39 is 6.85 Å². The van der Waals surface area contributed by atoms with E-state index in [4.69, 9.17) is 4.11 Å². The van der Waals surface area contributed by atoms with E-state index in [-0.39, 0.29) is 0 Å². The van der Waals surface area contributed by atoms with Gasteiger partial charge in [-0.05, 0) is 265 Å². The van der Waals surface area contributed by atoms with Crippen LogP contribution in [0.4, 0.5) is 0 Å². The van der Waals surface area contributed by atoms with E-state index in [1.807, 2.05) is 20.0 Å². The predicted octanol–water partition coefficient (Wildman–Crippen LogP) is 23.9. The third kappa shape index (κ3) is 23.3. The number of benzene rings is 7. The highest BCUT2D eigenvalue weighted by Crippen LogP contribution is 2.31. The molecule has 7 nitrogen and oxygen atoms in total. The molecular weight excluding hydrogens is 1440 g/mol. The molecule has 119 heavy (non-hydrogen) atoms. The quantitative estimate of drug-likeness (QED) is 0.142. The van der Waals surface area contributed by atoms with E-state index in [0.717, 1.165) is 16.8 Å². The van der Waals surface area contributed by atoms with E-state index in [0.29, 0.717) is 5.56 Å². The summed E-state index contributed by atoms with van der Waals surface area (Å²) in [6.45, 7) is 56.0. The molecule has 14 rings (SSSR count). The van der Waals surface area contributed by atoms with Gasteiger partial charge in [-0.1, -0.05) is 125 Å². The van der Waals surface area contributed by atoms with E-state index in [2.05, 4.69) is 448 Å². The van der Waals surface area contributed by atoms with Gasteiger partial charge in [-0.2, -0.15) is 32.0 Å². The van der Waals surface area contributed by atoms with Crippen LogP contribution in [0.3, 0.4) is 0 Å². The van der Waals surface area contributed by atoms with E-state index in [1.54, 1.807) is 12.1 Å². The number of hydrogen-bond acceptors (Lipinski definition) is 0. The molecule has 7 heterocycles. The SMILES string of the molecule is Cc1cc(C)[n+](C)c(-c2c(C)cccc2C)c1.Cc1cc(C)[n+](C)c(-c2c(C)cccc2C)c1.Cc1ccc(-c2cc(C)cc(C)[n+]2C)c(C)c1.Cc1ccc(C)c(-c2cc(C)cc(C)[n+]2C)c1.Cc1ccc(C)c(-c2cc(C)cc(C)[n+]2C)c1.Cc1ccccc1-c1c(C)c(C)cc(C)[n+]1C.[2H]C([2H])([2H])c1ccc(-c2cc(C)cc(C)[n+]2C)c(C)c1. The molecule has 0 atom stereocenters. The third-order valence-electron chi connectivity index (χ3n) is 23.8. The highest BCUT2D eigenvalue weighted by molar-refractivity contribution is 5.70. The first-order valence-corrected chi connectivity index (χ1v) is 42.0. The number of pyridine rings is 7. The molecule has 0 aliphatic rings. The van der Waals surface area contributed by atoms with Crippen LogP contribution in [-0.2, 0) is 49.3 Å². The molecule has 0 amide bonds. The summed E-state index contributed by atoms with van der Waals surface area (Å²) >= 11 is 0. The summed E-state index contributed by atoms with van der Waals surface area (Å²) in [5.41, 5.74) is 53.5. The molecule has 0 spiro atoms. The van der Waals surface area contributed by atoms with Crippen LogP contribution in [0.25, 0.3) is 78.8 Å². The van der Waals surface area contributed by atoms with Crippen LogP contribution >= 0.6 is 0 Å². The summed E-state index contributed by atoms with van der Waals surface area (Å²) in [7, 11) is 14.8. The molecule has 0 radical (unpaired) electrons. The zero-order valence-electron chi connectivity index (χ0n) is 81.8. The lowest BCUT2D eigenvalue weighted by atomic mass is 9.98. The molecule has 0 bridgehead atoms. The maximum absolute atomic E-state index is 7.48. The lowest BCUT2D eigenvalue weighted by Crippen LogP contribution is -2.36. The minimum absolute atomic E-state index is 0.394. The highest BCUT2D eigenvalue weighted by Gasteiger charge is 2.24. The summed E-state index contributed by atoms with van der Waals surface area (Å²) in [6.07, 6.45) is 0. The van der Waals surface area contributed by atoms with Crippen LogP contribution in [0.1, 0.15) is 161 Å². The third-order valence-corrected chi connectivity index (χ3v) is 23.8. The van der Waals surface area contributed by atoms with Gasteiger partial charge in [-0.3, -0.25) is 0 Å². The maximum Gasteiger partial charge on any atom is 0.215 e. The van der Waals surface area contributed by atoms with Crippen LogP contribution in [0, 0.1) is 194 Å². The molecule has 0 saturated carbocycles. The highest BCUT2D eigenvalue weighted by atomic mass is 15.0. The van der Waals surface area contributed by atoms with Gasteiger partial charge in [0.1, 0.15) is 49.3 Å². The summed E-state index contributed by atoms with van der Waals surface area (Å²) in [5, 5.41) is 0. The van der Waals surface area contributed by atoms with Gasteiger partial charge in [0, 0.05) is 165 Å². The van der Waals surface area contributed by atoms with Crippen molar-refractivity contribution < 1.29 is 36.1 Å². The van der Waals surface area contributed by atoms with Crippen LogP contribution in [0.5, 0.6) is 0 Å². The molecule has 7 heteroatoms. The minimum atomic E-state index is -2.05. The normalized spacial score (nSPS) is 11.1. The standard InChI is InChI=1S/7C16H20N/c2*1-11-6-7-13(3)15(9-11)16-10-12(2)8-14(4)17(16)5;2*1-11-6-7-15(13(3)8-11)16-10-12(2)9-14(4)17(16)5;2*1-11-9-14(4)17(5)15(10-11)16-12(2)7-6-8-13(16)3;1-11-8-6-7-9-15(11)16-14(4)12(2)10-13(3)17(16)5/h7*6-10H,1-5H3/q7*+1/i;;1D3;;;;. The van der Waals surface area contributed by atoms with Gasteiger partial charge < -0.3 is 0 Å². The van der Waals surface area contributed by atoms with E-state index in [9.17, 15) is 0 Å². The van der Waals surface area contributed by atoms with Crippen LogP contribution < -0.4 is 32.0 Å². The van der Waals surface area contributed by atoms with Gasteiger partial charge in [-0.25, -0.2) is 0 Å². The lowest BCUT2D eigenvalue weighted by molar-refractivity contribution is -0.667. The van der Waals surface area contributed by atoms with Crippen molar-refractivity contribution in [1.29, 1.82) is 0 Å². The Bertz CT molecular complexity index is 5890. The second-order valence-corrected chi connectivity index (χ2v) is 34.0. The average molecular weight is 1590 g/mol. The van der Waals surface area contributed by atoms with Crippen LogP contribution in [-0.4, -0.2) is 0 Å². The van der Waals surface area contributed by atoms with Crippen molar-refractivity contribution in [3.8, 4) is 78.8 Å². The topological polar surface area (TPSA) is 27.2 Å². The monoisotopic (exact) mass is 1590 g/mol. The fraction of sp³-hybridized carbons (Fsp3) is 0.312. The molecule has 0 saturated heterocycles. The van der Waals surface area contributed by atoms with Crippen molar-refractivity contribution in [2.75, 3.05) is 0 Å². The van der Waals surface area contributed by atoms with E-state index in [1.165, 1.54) is 213 Å². The van der Waals surface area contributed by atoms with Crippen LogP contribution in [0.15, 0.2) is 212 Å². The predicted molar refractivity (Wildman–Crippen MR) is 504 cm³/mol. The van der Waals surface area contributed by atoms with E-state index >= 15 is 0 Å². The first-order chi connectivity index (χ1) is 57.2. The van der Waals surface area contributed by atoms with Crippen molar-refractivity contribution >= 4 is 0 Å². The zero-order chi connectivity index (χ0) is 90.5. The molecule has 14 aromatic rings. The van der Waals surface area contributed by atoms with Gasteiger partial charge in [0.25, 0.3) is 0 Å². The Morgan fingerprint density at radius 2 is 0.437 bits per heavy atom. The van der Waals surface area contributed by atoms with Gasteiger partial charge in [0.05, 0.1) is 11.1 Å². The fourth-order valence-corrected chi connectivity index (χ4v) is 16.2. The van der Waals surface area contributed by atoms with Gasteiger partial charge in [-0.15, -0.1) is 0 Å². The second kappa shape index (κ2) is 40.8. The summed E-state index contributed by atoms with van der Waals surface area (Å²) < 4.78 is 38.2. The van der Waals surface area contributed by atoms with Gasteiger partial charge in [0.15, 0.2) is 39.9 Å². The number of aromatic nitrogens is 7. The Balaban J connectivity index is 0.000000177. The molecule has 0 fully saturated rings. The van der Waals surface area contributed by atoms with Crippen molar-refractivity contribution in [3.63, 3.8) is 0 Å². The second-order valence-electron chi connectivity index (χ2n) is 34.0. The smallest absolute Gasteiger partial charge is 0.199 e. The van der Waals surface area contributed by atoms with Crippen molar-refractivity contribution in [2.24, 2.45) is 49.3 Å². The number of hydrogen-bond donors (Lipinski definition) is 0. The zero-order valence-corrected chi connectivity index (χ0v) is 78.8. The minimum Gasteiger partial charge on any atom is -0.199 e. The first-order valence-electron chi connectivity index (χ1n) is 43.5. The van der Waals surface area contributed by atoms with Crippen molar-refractivity contribution in [3.05, 3.63) is 369 Å². The summed E-state index contributed by atoms with van der Waals surface area (Å²) in [5.74, 6) is 0. The van der Waals surface area contributed by atoms with Crippen LogP contribution in [0.2, 0.25) is 0 Å². The molecule has 0 N–H and O–H groups in total.